The van der Waals surface area contributed by atoms with Gasteiger partial charge in [0.05, 0.1) is 6.04 Å². The molecule has 0 aliphatic heterocycles. The van der Waals surface area contributed by atoms with E-state index in [1.807, 2.05) is 0 Å². The molecule has 0 aliphatic rings. The molecule has 0 radical (unpaired) electrons. The summed E-state index contributed by atoms with van der Waals surface area (Å²) in [7, 11) is 0. The predicted molar refractivity (Wildman–Crippen MR) is 73.4 cm³/mol. The van der Waals surface area contributed by atoms with Crippen molar-refractivity contribution in [2.75, 3.05) is 0 Å². The molecule has 2 nitrogen and oxygen atoms in total. The fraction of sp³-hybridized carbons (Fsp3) is 0.188. The normalized spacial score (nSPS) is 12.0. The molecular weight excluding hydrogens is 279 g/mol. The Balaban J connectivity index is 2.20. The van der Waals surface area contributed by atoms with Crippen LogP contribution < -0.4 is 5.32 Å². The minimum Gasteiger partial charge on any atom is -0.345 e. The molecule has 1 unspecified atom stereocenters. The zero-order valence-electron chi connectivity index (χ0n) is 11.6. The van der Waals surface area contributed by atoms with E-state index in [2.05, 4.69) is 5.32 Å². The minimum absolute atomic E-state index is 0.166. The van der Waals surface area contributed by atoms with Crippen molar-refractivity contribution in [1.29, 1.82) is 0 Å². The fourth-order valence-electron chi connectivity index (χ4n) is 2.04. The SMILES string of the molecule is Cc1ccc(F)cc1C(=O)NC(C)c1ccc(F)cc1F. The van der Waals surface area contributed by atoms with E-state index in [0.717, 1.165) is 18.2 Å². The first-order chi connectivity index (χ1) is 9.88. The number of halogens is 3. The van der Waals surface area contributed by atoms with E-state index in [9.17, 15) is 18.0 Å². The smallest absolute Gasteiger partial charge is 0.252 e. The molecule has 1 amide bonds. The monoisotopic (exact) mass is 293 g/mol. The molecule has 0 aliphatic carbocycles. The van der Waals surface area contributed by atoms with Crippen LogP contribution in [0.4, 0.5) is 13.2 Å². The molecule has 0 fully saturated rings. The summed E-state index contributed by atoms with van der Waals surface area (Å²) in [6.45, 7) is 3.25. The van der Waals surface area contributed by atoms with Crippen molar-refractivity contribution in [2.45, 2.75) is 19.9 Å². The maximum atomic E-state index is 13.6. The summed E-state index contributed by atoms with van der Waals surface area (Å²) in [6.07, 6.45) is 0. The summed E-state index contributed by atoms with van der Waals surface area (Å²) in [4.78, 5) is 12.1. The van der Waals surface area contributed by atoms with E-state index in [4.69, 9.17) is 0 Å². The van der Waals surface area contributed by atoms with Crippen LogP contribution in [0.15, 0.2) is 36.4 Å². The molecule has 0 heterocycles. The van der Waals surface area contributed by atoms with Crippen molar-refractivity contribution in [3.63, 3.8) is 0 Å². The summed E-state index contributed by atoms with van der Waals surface area (Å²) in [6, 6.07) is 6.36. The third-order valence-electron chi connectivity index (χ3n) is 3.22. The number of rotatable bonds is 3. The van der Waals surface area contributed by atoms with Crippen LogP contribution in [0.1, 0.15) is 34.5 Å². The van der Waals surface area contributed by atoms with Crippen LogP contribution in [0.5, 0.6) is 0 Å². The van der Waals surface area contributed by atoms with Gasteiger partial charge in [0.1, 0.15) is 17.5 Å². The molecule has 0 aromatic heterocycles. The van der Waals surface area contributed by atoms with Gasteiger partial charge in [-0.3, -0.25) is 4.79 Å². The van der Waals surface area contributed by atoms with Crippen LogP contribution in [0.2, 0.25) is 0 Å². The maximum absolute atomic E-state index is 13.6. The Morgan fingerprint density at radius 2 is 1.67 bits per heavy atom. The van der Waals surface area contributed by atoms with Gasteiger partial charge in [0.2, 0.25) is 0 Å². The highest BCUT2D eigenvalue weighted by Gasteiger charge is 2.17. The van der Waals surface area contributed by atoms with Crippen molar-refractivity contribution in [2.24, 2.45) is 0 Å². The highest BCUT2D eigenvalue weighted by atomic mass is 19.1. The van der Waals surface area contributed by atoms with Crippen LogP contribution in [0, 0.1) is 24.4 Å². The Labute approximate surface area is 120 Å². The number of carbonyl (C=O) groups excluding carboxylic acids is 1. The molecule has 0 bridgehead atoms. The minimum atomic E-state index is -0.737. The second-order valence-corrected chi connectivity index (χ2v) is 4.82. The quantitative estimate of drug-likeness (QED) is 0.913. The van der Waals surface area contributed by atoms with Crippen molar-refractivity contribution in [1.82, 2.24) is 5.32 Å². The third kappa shape index (κ3) is 3.42. The van der Waals surface area contributed by atoms with E-state index in [1.165, 1.54) is 18.2 Å². The average Bonchev–Trinajstić information content (AvgIpc) is 2.41. The first-order valence-electron chi connectivity index (χ1n) is 6.40. The van der Waals surface area contributed by atoms with E-state index >= 15 is 0 Å². The summed E-state index contributed by atoms with van der Waals surface area (Å²) >= 11 is 0. The third-order valence-corrected chi connectivity index (χ3v) is 3.22. The number of nitrogens with one attached hydrogen (secondary N) is 1. The molecule has 2 rings (SSSR count). The summed E-state index contributed by atoms with van der Waals surface area (Å²) in [5.74, 6) is -2.45. The maximum Gasteiger partial charge on any atom is 0.252 e. The molecule has 110 valence electrons. The second-order valence-electron chi connectivity index (χ2n) is 4.82. The second kappa shape index (κ2) is 5.99. The van der Waals surface area contributed by atoms with E-state index < -0.39 is 29.4 Å². The van der Waals surface area contributed by atoms with Gasteiger partial charge < -0.3 is 5.32 Å². The van der Waals surface area contributed by atoms with E-state index in [0.29, 0.717) is 5.56 Å². The topological polar surface area (TPSA) is 29.1 Å². The van der Waals surface area contributed by atoms with Gasteiger partial charge in [-0.05, 0) is 37.6 Å². The van der Waals surface area contributed by atoms with Gasteiger partial charge in [0, 0.05) is 17.2 Å². The van der Waals surface area contributed by atoms with Crippen LogP contribution >= 0.6 is 0 Å². The zero-order chi connectivity index (χ0) is 15.6. The first-order valence-corrected chi connectivity index (χ1v) is 6.40. The summed E-state index contributed by atoms with van der Waals surface area (Å²) in [5, 5.41) is 2.57. The Bertz CT molecular complexity index is 685. The van der Waals surface area contributed by atoms with Crippen LogP contribution in [0.25, 0.3) is 0 Å². The average molecular weight is 293 g/mol. The number of amides is 1. The lowest BCUT2D eigenvalue weighted by Crippen LogP contribution is -2.28. The number of carbonyl (C=O) groups is 1. The molecule has 1 atom stereocenters. The lowest BCUT2D eigenvalue weighted by molar-refractivity contribution is 0.0938. The van der Waals surface area contributed by atoms with E-state index in [-0.39, 0.29) is 11.1 Å². The molecule has 1 N–H and O–H groups in total. The lowest BCUT2D eigenvalue weighted by atomic mass is 10.0. The Morgan fingerprint density at radius 3 is 2.33 bits per heavy atom. The first kappa shape index (κ1) is 15.1. The molecular formula is C16H14F3NO. The van der Waals surface area contributed by atoms with Gasteiger partial charge in [0.25, 0.3) is 5.91 Å². The van der Waals surface area contributed by atoms with Crippen LogP contribution in [0.3, 0.4) is 0 Å². The van der Waals surface area contributed by atoms with Gasteiger partial charge in [-0.15, -0.1) is 0 Å². The predicted octanol–water partition coefficient (Wildman–Crippen LogP) is 3.90. The van der Waals surface area contributed by atoms with Crippen molar-refractivity contribution in [3.8, 4) is 0 Å². The highest BCUT2D eigenvalue weighted by molar-refractivity contribution is 5.95. The van der Waals surface area contributed by atoms with Gasteiger partial charge in [-0.2, -0.15) is 0 Å². The molecule has 2 aromatic carbocycles. The molecule has 0 saturated carbocycles. The lowest BCUT2D eigenvalue weighted by Gasteiger charge is -2.16. The number of benzene rings is 2. The summed E-state index contributed by atoms with van der Waals surface area (Å²) in [5.41, 5.74) is 0.962. The van der Waals surface area contributed by atoms with Crippen LogP contribution in [-0.2, 0) is 0 Å². The molecule has 5 heteroatoms. The fourth-order valence-corrected chi connectivity index (χ4v) is 2.04. The van der Waals surface area contributed by atoms with Gasteiger partial charge in [-0.1, -0.05) is 12.1 Å². The molecule has 21 heavy (non-hydrogen) atoms. The van der Waals surface area contributed by atoms with Gasteiger partial charge in [0.15, 0.2) is 0 Å². The van der Waals surface area contributed by atoms with Crippen molar-refractivity contribution in [3.05, 3.63) is 70.5 Å². The van der Waals surface area contributed by atoms with Crippen molar-refractivity contribution >= 4 is 5.91 Å². The number of aryl methyl sites for hydroxylation is 1. The van der Waals surface area contributed by atoms with E-state index in [1.54, 1.807) is 13.8 Å². The number of hydrogen-bond donors (Lipinski definition) is 1. The molecule has 0 saturated heterocycles. The Morgan fingerprint density at radius 1 is 1.05 bits per heavy atom. The Hall–Kier alpha value is -2.30. The standard InChI is InChI=1S/C16H14F3NO/c1-9-3-4-11(17)7-14(9)16(21)20-10(2)13-6-5-12(18)8-15(13)19/h3-8,10H,1-2H3,(H,20,21). The zero-order valence-corrected chi connectivity index (χ0v) is 11.6. The Kier molecular flexibility index (Phi) is 4.31. The summed E-state index contributed by atoms with van der Waals surface area (Å²) < 4.78 is 39.7. The highest BCUT2D eigenvalue weighted by Crippen LogP contribution is 2.19. The number of hydrogen-bond acceptors (Lipinski definition) is 1. The van der Waals surface area contributed by atoms with Gasteiger partial charge >= 0.3 is 0 Å². The van der Waals surface area contributed by atoms with Crippen LogP contribution in [-0.4, -0.2) is 5.91 Å². The largest absolute Gasteiger partial charge is 0.345 e. The van der Waals surface area contributed by atoms with Crippen molar-refractivity contribution < 1.29 is 18.0 Å². The molecule has 2 aromatic rings. The van der Waals surface area contributed by atoms with Gasteiger partial charge in [-0.25, -0.2) is 13.2 Å². The molecule has 0 spiro atoms.